The molecule has 0 unspecified atom stereocenters. The SMILES string of the molecule is C=CCOC(=O)C1=C(C)N=c2s/c(=C\c3ccc(OC(C)=O)c(OC)c3)c(=O)n2[C@H]1c1ccc(OC(C)=O)cc1. The van der Waals surface area contributed by atoms with E-state index in [9.17, 15) is 19.2 Å². The van der Waals surface area contributed by atoms with Crippen LogP contribution in [0.2, 0.25) is 0 Å². The van der Waals surface area contributed by atoms with Gasteiger partial charge in [0.1, 0.15) is 12.4 Å². The van der Waals surface area contributed by atoms with Gasteiger partial charge in [-0.05, 0) is 48.4 Å². The molecule has 0 spiro atoms. The smallest absolute Gasteiger partial charge is 0.338 e. The lowest BCUT2D eigenvalue weighted by molar-refractivity contribution is -0.138. The number of hydrogen-bond acceptors (Lipinski definition) is 10. The number of ether oxygens (including phenoxy) is 4. The van der Waals surface area contributed by atoms with Gasteiger partial charge in [-0.1, -0.05) is 42.2 Å². The van der Waals surface area contributed by atoms with Crippen LogP contribution >= 0.6 is 11.3 Å². The van der Waals surface area contributed by atoms with Crippen LogP contribution in [0.4, 0.5) is 0 Å². The predicted octanol–water partition coefficient (Wildman–Crippen LogP) is 2.82. The maximum Gasteiger partial charge on any atom is 0.338 e. The monoisotopic (exact) mass is 562 g/mol. The second kappa shape index (κ2) is 12.0. The maximum atomic E-state index is 13.8. The predicted molar refractivity (Wildman–Crippen MR) is 147 cm³/mol. The van der Waals surface area contributed by atoms with E-state index in [0.29, 0.717) is 37.7 Å². The van der Waals surface area contributed by atoms with Gasteiger partial charge in [-0.3, -0.25) is 19.0 Å². The number of carbonyl (C=O) groups excluding carboxylic acids is 3. The molecule has 0 amide bonds. The summed E-state index contributed by atoms with van der Waals surface area (Å²) < 4.78 is 22.8. The topological polar surface area (TPSA) is 122 Å². The van der Waals surface area contributed by atoms with Gasteiger partial charge in [-0.15, -0.1) is 0 Å². The van der Waals surface area contributed by atoms with Crippen LogP contribution in [-0.2, 0) is 19.1 Å². The zero-order chi connectivity index (χ0) is 29.0. The van der Waals surface area contributed by atoms with Crippen LogP contribution < -0.4 is 29.1 Å². The summed E-state index contributed by atoms with van der Waals surface area (Å²) in [5.74, 6) is -0.683. The van der Waals surface area contributed by atoms with E-state index in [2.05, 4.69) is 11.6 Å². The molecule has 2 aromatic carbocycles. The fourth-order valence-electron chi connectivity index (χ4n) is 4.16. The van der Waals surface area contributed by atoms with E-state index in [1.54, 1.807) is 55.5 Å². The van der Waals surface area contributed by atoms with Crippen molar-refractivity contribution in [1.29, 1.82) is 0 Å². The van der Waals surface area contributed by atoms with Gasteiger partial charge in [0.05, 0.1) is 29.0 Å². The zero-order valence-corrected chi connectivity index (χ0v) is 23.1. The molecule has 4 rings (SSSR count). The van der Waals surface area contributed by atoms with Crippen LogP contribution in [0.25, 0.3) is 6.08 Å². The lowest BCUT2D eigenvalue weighted by atomic mass is 9.96. The number of benzene rings is 2. The Morgan fingerprint density at radius 3 is 2.38 bits per heavy atom. The molecule has 0 radical (unpaired) electrons. The van der Waals surface area contributed by atoms with Crippen molar-refractivity contribution >= 4 is 35.3 Å². The van der Waals surface area contributed by atoms with Gasteiger partial charge < -0.3 is 18.9 Å². The molecule has 0 fully saturated rings. The van der Waals surface area contributed by atoms with Crippen LogP contribution in [0.1, 0.15) is 37.9 Å². The summed E-state index contributed by atoms with van der Waals surface area (Å²) in [5.41, 5.74) is 1.46. The quantitative estimate of drug-likeness (QED) is 0.233. The molecule has 1 aliphatic rings. The van der Waals surface area contributed by atoms with Crippen molar-refractivity contribution in [3.63, 3.8) is 0 Å². The number of hydrogen-bond donors (Lipinski definition) is 0. The lowest BCUT2D eigenvalue weighted by Crippen LogP contribution is -2.39. The number of thiazole rings is 1. The number of rotatable bonds is 8. The molecule has 0 N–H and O–H groups in total. The minimum absolute atomic E-state index is 0.0106. The molecule has 1 atom stereocenters. The Hall–Kier alpha value is -4.77. The van der Waals surface area contributed by atoms with Crippen LogP contribution in [-0.4, -0.2) is 36.2 Å². The molecule has 40 heavy (non-hydrogen) atoms. The summed E-state index contributed by atoms with van der Waals surface area (Å²) in [6.45, 7) is 7.84. The second-order valence-corrected chi connectivity index (χ2v) is 9.64. The van der Waals surface area contributed by atoms with Gasteiger partial charge >= 0.3 is 17.9 Å². The third-order valence-electron chi connectivity index (χ3n) is 5.77. The number of carbonyl (C=O) groups is 3. The fourth-order valence-corrected chi connectivity index (χ4v) is 5.21. The summed E-state index contributed by atoms with van der Waals surface area (Å²) in [4.78, 5) is 54.6. The highest BCUT2D eigenvalue weighted by Gasteiger charge is 2.33. The van der Waals surface area contributed by atoms with Gasteiger partial charge in [-0.25, -0.2) is 9.79 Å². The number of fused-ring (bicyclic) bond motifs is 1. The van der Waals surface area contributed by atoms with E-state index < -0.39 is 23.9 Å². The highest BCUT2D eigenvalue weighted by molar-refractivity contribution is 7.07. The number of allylic oxidation sites excluding steroid dienone is 1. The van der Waals surface area contributed by atoms with Gasteiger partial charge in [0.2, 0.25) is 0 Å². The minimum atomic E-state index is -0.844. The van der Waals surface area contributed by atoms with E-state index in [1.165, 1.54) is 31.6 Å². The van der Waals surface area contributed by atoms with Gasteiger partial charge in [0.15, 0.2) is 16.3 Å². The molecule has 0 aliphatic carbocycles. The molecule has 10 nitrogen and oxygen atoms in total. The first-order valence-corrected chi connectivity index (χ1v) is 12.9. The maximum absolute atomic E-state index is 13.8. The Labute approximate surface area is 233 Å². The van der Waals surface area contributed by atoms with Crippen LogP contribution in [0.15, 0.2) is 76.2 Å². The highest BCUT2D eigenvalue weighted by Crippen LogP contribution is 2.32. The third kappa shape index (κ3) is 5.94. The second-order valence-electron chi connectivity index (χ2n) is 8.64. The van der Waals surface area contributed by atoms with Crippen molar-refractivity contribution in [1.82, 2.24) is 4.57 Å². The summed E-state index contributed by atoms with van der Waals surface area (Å²) in [7, 11) is 1.45. The number of methoxy groups -OCH3 is 1. The van der Waals surface area contributed by atoms with Crippen molar-refractivity contribution in [3.8, 4) is 17.2 Å². The van der Waals surface area contributed by atoms with Crippen molar-refractivity contribution < 1.29 is 33.3 Å². The molecular formula is C29H26N2O8S. The van der Waals surface area contributed by atoms with Gasteiger partial charge in [0, 0.05) is 13.8 Å². The van der Waals surface area contributed by atoms with Crippen LogP contribution in [0.5, 0.6) is 17.2 Å². The van der Waals surface area contributed by atoms with Crippen molar-refractivity contribution in [3.05, 3.63) is 97.2 Å². The molecule has 0 saturated carbocycles. The fraction of sp³-hybridized carbons (Fsp3) is 0.207. The molecule has 1 aliphatic heterocycles. The van der Waals surface area contributed by atoms with Gasteiger partial charge in [0.25, 0.3) is 5.56 Å². The number of aromatic nitrogens is 1. The van der Waals surface area contributed by atoms with Crippen molar-refractivity contribution in [2.45, 2.75) is 26.8 Å². The van der Waals surface area contributed by atoms with Crippen LogP contribution in [0, 0.1) is 0 Å². The Balaban J connectivity index is 1.86. The first kappa shape index (κ1) is 28.2. The zero-order valence-electron chi connectivity index (χ0n) is 22.3. The molecule has 11 heteroatoms. The minimum Gasteiger partial charge on any atom is -0.493 e. The lowest BCUT2D eigenvalue weighted by Gasteiger charge is -2.24. The molecule has 2 heterocycles. The Kier molecular flexibility index (Phi) is 8.44. The molecule has 0 saturated heterocycles. The third-order valence-corrected chi connectivity index (χ3v) is 6.75. The average Bonchev–Trinajstić information content (AvgIpc) is 3.21. The van der Waals surface area contributed by atoms with Gasteiger partial charge in [-0.2, -0.15) is 0 Å². The summed E-state index contributed by atoms with van der Waals surface area (Å²) >= 11 is 1.16. The van der Waals surface area contributed by atoms with E-state index in [1.807, 2.05) is 0 Å². The normalized spacial score (nSPS) is 14.6. The molecular weight excluding hydrogens is 536 g/mol. The molecule has 3 aromatic rings. The summed E-state index contributed by atoms with van der Waals surface area (Å²) in [6, 6.07) is 10.6. The first-order chi connectivity index (χ1) is 19.1. The van der Waals surface area contributed by atoms with E-state index in [0.717, 1.165) is 11.3 Å². The number of nitrogens with zero attached hydrogens (tertiary/aromatic N) is 2. The average molecular weight is 563 g/mol. The van der Waals surface area contributed by atoms with Crippen molar-refractivity contribution in [2.75, 3.05) is 13.7 Å². The van der Waals surface area contributed by atoms with Crippen LogP contribution in [0.3, 0.4) is 0 Å². The Bertz CT molecular complexity index is 1710. The Morgan fingerprint density at radius 1 is 1.05 bits per heavy atom. The Morgan fingerprint density at radius 2 is 1.75 bits per heavy atom. The van der Waals surface area contributed by atoms with E-state index in [4.69, 9.17) is 18.9 Å². The largest absolute Gasteiger partial charge is 0.493 e. The van der Waals surface area contributed by atoms with E-state index in [-0.39, 0.29) is 23.5 Å². The number of esters is 3. The van der Waals surface area contributed by atoms with Crippen molar-refractivity contribution in [2.24, 2.45) is 4.99 Å². The summed E-state index contributed by atoms with van der Waals surface area (Å²) in [5, 5.41) is 0. The highest BCUT2D eigenvalue weighted by atomic mass is 32.1. The molecule has 206 valence electrons. The van der Waals surface area contributed by atoms with E-state index >= 15 is 0 Å². The molecule has 0 bridgehead atoms. The standard InChI is InChI=1S/C29H26N2O8S/c1-6-13-37-28(35)25-16(2)30-29-31(26(25)20-8-10-21(11-9-20)38-17(3)32)27(34)24(40-29)15-19-7-12-22(39-18(4)33)23(14-19)36-5/h6-12,14-15,26H,1,13H2,2-5H3/b24-15-/t26-/m0/s1. The summed E-state index contributed by atoms with van der Waals surface area (Å²) in [6.07, 6.45) is 3.12. The first-order valence-electron chi connectivity index (χ1n) is 12.1. The molecule has 1 aromatic heterocycles.